The minimum absolute atomic E-state index is 0.0156. The maximum atomic E-state index is 6.37. The Balaban J connectivity index is 2.52. The minimum Gasteiger partial charge on any atom is -0.530 e. The molecule has 0 radical (unpaired) electrons. The molecule has 0 aliphatic carbocycles. The summed E-state index contributed by atoms with van der Waals surface area (Å²) in [4.78, 5) is 17.6. The van der Waals surface area contributed by atoms with Gasteiger partial charge in [0, 0.05) is 0 Å². The van der Waals surface area contributed by atoms with Gasteiger partial charge < -0.3 is 14.6 Å². The molecule has 0 spiro atoms. The summed E-state index contributed by atoms with van der Waals surface area (Å²) in [5.41, 5.74) is 6.78. The van der Waals surface area contributed by atoms with E-state index in [-0.39, 0.29) is 16.0 Å². The van der Waals surface area contributed by atoms with Crippen LogP contribution < -0.4 is 14.6 Å². The van der Waals surface area contributed by atoms with Gasteiger partial charge >= 0.3 is 0 Å². The van der Waals surface area contributed by atoms with Gasteiger partial charge in [0.25, 0.3) is 16.6 Å². The standard InChI is InChI=1S/C18H33N5O2Si2/c1-17(2,3)26(7,8)24-12-11-20-14-13(21-12)15(23-16(19)22-14)25-27(9,10)18(4,5)6/h11H,1-10H3,(H2,19,20,22,23). The van der Waals surface area contributed by atoms with Crippen molar-refractivity contribution < 1.29 is 8.85 Å². The van der Waals surface area contributed by atoms with Crippen LogP contribution in [0.5, 0.6) is 11.8 Å². The first-order chi connectivity index (χ1) is 12.0. The minimum atomic E-state index is -2.13. The van der Waals surface area contributed by atoms with Crippen molar-refractivity contribution in [2.75, 3.05) is 5.73 Å². The number of rotatable bonds is 4. The predicted molar refractivity (Wildman–Crippen MR) is 115 cm³/mol. The normalized spacial score (nSPS) is 13.7. The first-order valence-corrected chi connectivity index (χ1v) is 15.0. The molecule has 0 atom stereocenters. The molecule has 150 valence electrons. The van der Waals surface area contributed by atoms with Crippen LogP contribution in [0.2, 0.25) is 36.3 Å². The lowest BCUT2D eigenvalue weighted by molar-refractivity contribution is 0.469. The lowest BCUT2D eigenvalue weighted by Gasteiger charge is -2.36. The van der Waals surface area contributed by atoms with Crippen LogP contribution in [0, 0.1) is 0 Å². The fourth-order valence-corrected chi connectivity index (χ4v) is 3.67. The third kappa shape index (κ3) is 4.57. The highest BCUT2D eigenvalue weighted by molar-refractivity contribution is 6.75. The molecule has 9 heteroatoms. The van der Waals surface area contributed by atoms with Gasteiger partial charge in [-0.15, -0.1) is 0 Å². The average Bonchev–Trinajstić information content (AvgIpc) is 2.44. The molecule has 0 bridgehead atoms. The number of anilines is 1. The number of nitrogens with zero attached hydrogens (tertiary/aromatic N) is 4. The molecule has 2 aromatic rings. The van der Waals surface area contributed by atoms with Crippen LogP contribution in [0.4, 0.5) is 5.95 Å². The van der Waals surface area contributed by atoms with Crippen molar-refractivity contribution in [2.45, 2.75) is 77.8 Å². The van der Waals surface area contributed by atoms with E-state index in [9.17, 15) is 0 Å². The number of hydrogen-bond donors (Lipinski definition) is 1. The summed E-state index contributed by atoms with van der Waals surface area (Å²) < 4.78 is 12.7. The van der Waals surface area contributed by atoms with Gasteiger partial charge in [0.1, 0.15) is 0 Å². The fourth-order valence-electron chi connectivity index (χ4n) is 1.81. The van der Waals surface area contributed by atoms with Gasteiger partial charge in [-0.25, -0.2) is 9.97 Å². The van der Waals surface area contributed by atoms with Crippen LogP contribution in [0.15, 0.2) is 6.20 Å². The second-order valence-corrected chi connectivity index (χ2v) is 19.4. The SMILES string of the molecule is CC(C)(C)[Si](C)(C)Oc1cnc2nc(N)nc(O[Si](C)(C)C(C)(C)C)c2n1. The number of fused-ring (bicyclic) bond motifs is 1. The van der Waals surface area contributed by atoms with Crippen molar-refractivity contribution in [3.8, 4) is 11.8 Å². The predicted octanol–water partition coefficient (Wildman–Crippen LogP) is 4.77. The maximum Gasteiger partial charge on any atom is 0.252 e. The Morgan fingerprint density at radius 2 is 1.33 bits per heavy atom. The lowest BCUT2D eigenvalue weighted by Crippen LogP contribution is -2.44. The zero-order chi connectivity index (χ0) is 20.8. The summed E-state index contributed by atoms with van der Waals surface area (Å²) in [7, 11) is -4.16. The molecule has 27 heavy (non-hydrogen) atoms. The molecule has 0 unspecified atom stereocenters. The molecule has 2 N–H and O–H groups in total. The quantitative estimate of drug-likeness (QED) is 0.729. The number of aromatic nitrogens is 4. The summed E-state index contributed by atoms with van der Waals surface area (Å²) in [5.74, 6) is 0.989. The van der Waals surface area contributed by atoms with Crippen LogP contribution >= 0.6 is 0 Å². The van der Waals surface area contributed by atoms with Gasteiger partial charge in [0.2, 0.25) is 17.7 Å². The number of nitrogens with two attached hydrogens (primary N) is 1. The highest BCUT2D eigenvalue weighted by Gasteiger charge is 2.41. The maximum absolute atomic E-state index is 6.37. The van der Waals surface area contributed by atoms with E-state index in [2.05, 4.69) is 87.7 Å². The Labute approximate surface area is 164 Å². The molecule has 0 amide bonds. The molecule has 0 aliphatic rings. The van der Waals surface area contributed by atoms with E-state index in [1.54, 1.807) is 6.20 Å². The van der Waals surface area contributed by atoms with Crippen LogP contribution in [0.25, 0.3) is 11.2 Å². The van der Waals surface area contributed by atoms with E-state index in [0.717, 1.165) is 0 Å². The summed E-state index contributed by atoms with van der Waals surface area (Å²) >= 11 is 0. The molecule has 0 aromatic carbocycles. The molecule has 0 saturated heterocycles. The molecule has 2 aromatic heterocycles. The topological polar surface area (TPSA) is 96.0 Å². The Bertz CT molecular complexity index is 842. The second kappa shape index (κ2) is 6.70. The van der Waals surface area contributed by atoms with Gasteiger partial charge in [-0.05, 0) is 36.3 Å². The van der Waals surface area contributed by atoms with E-state index in [0.29, 0.717) is 22.9 Å². The Morgan fingerprint density at radius 1 is 0.815 bits per heavy atom. The highest BCUT2D eigenvalue weighted by Crippen LogP contribution is 2.39. The molecule has 7 nitrogen and oxygen atoms in total. The summed E-state index contributed by atoms with van der Waals surface area (Å²) in [6.45, 7) is 21.7. The van der Waals surface area contributed by atoms with E-state index in [1.165, 1.54) is 0 Å². The highest BCUT2D eigenvalue weighted by atomic mass is 28.4. The monoisotopic (exact) mass is 407 g/mol. The van der Waals surface area contributed by atoms with Gasteiger partial charge in [-0.1, -0.05) is 41.5 Å². The molecule has 0 aliphatic heterocycles. The van der Waals surface area contributed by atoms with Crippen molar-refractivity contribution in [1.29, 1.82) is 0 Å². The third-order valence-electron chi connectivity index (χ3n) is 5.69. The molecule has 0 saturated carbocycles. The van der Waals surface area contributed by atoms with Crippen LogP contribution in [-0.2, 0) is 0 Å². The molecular weight excluding hydrogens is 374 g/mol. The van der Waals surface area contributed by atoms with Crippen molar-refractivity contribution >= 4 is 33.7 Å². The van der Waals surface area contributed by atoms with E-state index >= 15 is 0 Å². The number of nitrogen functional groups attached to an aromatic ring is 1. The van der Waals surface area contributed by atoms with Crippen LogP contribution in [0.1, 0.15) is 41.5 Å². The van der Waals surface area contributed by atoms with Crippen LogP contribution in [0.3, 0.4) is 0 Å². The second-order valence-electron chi connectivity index (χ2n) is 9.99. The Hall–Kier alpha value is -1.75. The van der Waals surface area contributed by atoms with E-state index in [1.807, 2.05) is 0 Å². The zero-order valence-electron chi connectivity index (χ0n) is 18.3. The zero-order valence-corrected chi connectivity index (χ0v) is 20.3. The van der Waals surface area contributed by atoms with Gasteiger partial charge in [0.05, 0.1) is 6.20 Å². The summed E-state index contributed by atoms with van der Waals surface area (Å²) in [6, 6.07) is 0. The van der Waals surface area contributed by atoms with Gasteiger partial charge in [0.15, 0.2) is 11.2 Å². The first-order valence-electron chi connectivity index (χ1n) is 9.22. The molecular formula is C18H33N5O2Si2. The van der Waals surface area contributed by atoms with E-state index < -0.39 is 16.6 Å². The molecule has 2 heterocycles. The third-order valence-corrected chi connectivity index (χ3v) is 14.3. The fraction of sp³-hybridized carbons (Fsp3) is 0.667. The summed E-state index contributed by atoms with van der Waals surface area (Å²) in [6.07, 6.45) is 1.60. The number of hydrogen-bond acceptors (Lipinski definition) is 7. The average molecular weight is 408 g/mol. The smallest absolute Gasteiger partial charge is 0.252 e. The van der Waals surface area contributed by atoms with Gasteiger partial charge in [-0.2, -0.15) is 9.97 Å². The van der Waals surface area contributed by atoms with Crippen molar-refractivity contribution in [2.24, 2.45) is 0 Å². The van der Waals surface area contributed by atoms with Crippen LogP contribution in [-0.4, -0.2) is 36.6 Å². The lowest BCUT2D eigenvalue weighted by atomic mass is 10.2. The molecule has 0 fully saturated rings. The van der Waals surface area contributed by atoms with Gasteiger partial charge in [-0.3, -0.25) is 0 Å². The summed E-state index contributed by atoms with van der Waals surface area (Å²) in [5, 5.41) is 0.0729. The Kier molecular flexibility index (Phi) is 5.35. The van der Waals surface area contributed by atoms with Crippen molar-refractivity contribution in [3.05, 3.63) is 6.20 Å². The molecule has 2 rings (SSSR count). The van der Waals surface area contributed by atoms with Crippen molar-refractivity contribution in [1.82, 2.24) is 19.9 Å². The largest absolute Gasteiger partial charge is 0.530 e. The first kappa shape index (κ1) is 21.6. The van der Waals surface area contributed by atoms with E-state index in [4.69, 9.17) is 14.6 Å². The van der Waals surface area contributed by atoms with Crippen molar-refractivity contribution in [3.63, 3.8) is 0 Å². The Morgan fingerprint density at radius 3 is 1.85 bits per heavy atom.